The number of amides is 2. The predicted molar refractivity (Wildman–Crippen MR) is 56.2 cm³/mol. The second-order valence-electron chi connectivity index (χ2n) is 3.02. The van der Waals surface area contributed by atoms with Gasteiger partial charge in [0, 0.05) is 19.8 Å². The number of nitrogens with one attached hydrogen (secondary N) is 2. The molecule has 1 unspecified atom stereocenters. The van der Waals surface area contributed by atoms with Gasteiger partial charge in [0.05, 0.1) is 6.61 Å². The van der Waals surface area contributed by atoms with Crippen LogP contribution >= 0.6 is 0 Å². The summed E-state index contributed by atoms with van der Waals surface area (Å²) in [5.74, 6) is -1.27. The van der Waals surface area contributed by atoms with Crippen molar-refractivity contribution in [2.24, 2.45) is 0 Å². The van der Waals surface area contributed by atoms with Crippen LogP contribution < -0.4 is 10.6 Å². The zero-order valence-corrected chi connectivity index (χ0v) is 9.23. The van der Waals surface area contributed by atoms with Gasteiger partial charge in [0.1, 0.15) is 0 Å². The van der Waals surface area contributed by atoms with E-state index in [4.69, 9.17) is 14.9 Å². The number of hydrogen-bond acceptors (Lipinski definition) is 4. The molecule has 0 aromatic heterocycles. The Morgan fingerprint density at radius 3 is 2.62 bits per heavy atom. The highest BCUT2D eigenvalue weighted by Gasteiger charge is 2.17. The number of carbonyl (C=O) groups is 2. The molecule has 2 amide bonds. The Bertz CT molecular complexity index is 222. The van der Waals surface area contributed by atoms with Gasteiger partial charge in [-0.25, -0.2) is 9.59 Å². The smallest absolute Gasteiger partial charge is 0.328 e. The van der Waals surface area contributed by atoms with E-state index in [2.05, 4.69) is 10.6 Å². The number of hydrogen-bond donors (Lipinski definition) is 4. The Hall–Kier alpha value is -1.34. The number of urea groups is 1. The van der Waals surface area contributed by atoms with E-state index in [1.54, 1.807) is 0 Å². The molecule has 0 rings (SSSR count). The molecule has 0 spiro atoms. The minimum Gasteiger partial charge on any atom is -0.480 e. The second kappa shape index (κ2) is 8.93. The first-order valence-electron chi connectivity index (χ1n) is 5.07. The number of aliphatic hydroxyl groups is 1. The second-order valence-corrected chi connectivity index (χ2v) is 3.02. The van der Waals surface area contributed by atoms with Crippen molar-refractivity contribution >= 4 is 12.0 Å². The maximum Gasteiger partial charge on any atom is 0.328 e. The minimum absolute atomic E-state index is 0.392. The molecular weight excluding hydrogens is 216 g/mol. The van der Waals surface area contributed by atoms with Crippen LogP contribution in [0.1, 0.15) is 13.3 Å². The summed E-state index contributed by atoms with van der Waals surface area (Å²) in [4.78, 5) is 21.6. The third-order valence-electron chi connectivity index (χ3n) is 1.74. The van der Waals surface area contributed by atoms with Crippen molar-refractivity contribution in [3.63, 3.8) is 0 Å². The fourth-order valence-corrected chi connectivity index (χ4v) is 0.915. The highest BCUT2D eigenvalue weighted by Crippen LogP contribution is 1.83. The third kappa shape index (κ3) is 7.02. The number of carboxylic acids is 1. The number of aliphatic hydroxyl groups excluding tert-OH is 1. The number of carboxylic acid groups (broad SMARTS) is 1. The Kier molecular flexibility index (Phi) is 8.18. The van der Waals surface area contributed by atoms with E-state index in [0.717, 1.165) is 0 Å². The summed E-state index contributed by atoms with van der Waals surface area (Å²) in [6.45, 7) is 2.79. The van der Waals surface area contributed by atoms with Crippen LogP contribution in [0.5, 0.6) is 0 Å². The van der Waals surface area contributed by atoms with Gasteiger partial charge >= 0.3 is 12.0 Å². The van der Waals surface area contributed by atoms with Crippen molar-refractivity contribution in [2.75, 3.05) is 26.4 Å². The molecule has 0 bridgehead atoms. The molecule has 0 aliphatic heterocycles. The van der Waals surface area contributed by atoms with E-state index in [1.165, 1.54) is 0 Å². The zero-order chi connectivity index (χ0) is 12.4. The molecule has 1 atom stereocenters. The van der Waals surface area contributed by atoms with E-state index in [0.29, 0.717) is 26.2 Å². The summed E-state index contributed by atoms with van der Waals surface area (Å²) in [5, 5.41) is 21.8. The normalized spacial score (nSPS) is 11.9. The van der Waals surface area contributed by atoms with Crippen LogP contribution in [-0.2, 0) is 9.53 Å². The molecule has 7 heteroatoms. The summed E-state index contributed by atoms with van der Waals surface area (Å²) in [6.07, 6.45) is 0.651. The maximum atomic E-state index is 11.1. The average Bonchev–Trinajstić information content (AvgIpc) is 2.25. The van der Waals surface area contributed by atoms with Gasteiger partial charge in [0.25, 0.3) is 0 Å². The average molecular weight is 234 g/mol. The molecule has 94 valence electrons. The van der Waals surface area contributed by atoms with E-state index >= 15 is 0 Å². The van der Waals surface area contributed by atoms with Crippen molar-refractivity contribution in [1.82, 2.24) is 10.6 Å². The van der Waals surface area contributed by atoms with Gasteiger partial charge in [0.2, 0.25) is 0 Å². The van der Waals surface area contributed by atoms with Crippen LogP contribution in [0.3, 0.4) is 0 Å². The van der Waals surface area contributed by atoms with Gasteiger partial charge in [0.15, 0.2) is 6.04 Å². The van der Waals surface area contributed by atoms with Gasteiger partial charge in [-0.2, -0.15) is 0 Å². The quantitative estimate of drug-likeness (QED) is 0.409. The first kappa shape index (κ1) is 14.7. The molecule has 0 saturated heterocycles. The molecule has 0 heterocycles. The van der Waals surface area contributed by atoms with Gasteiger partial charge in [-0.3, -0.25) is 0 Å². The molecule has 0 aliphatic rings. The molecule has 4 N–H and O–H groups in total. The fourth-order valence-electron chi connectivity index (χ4n) is 0.915. The standard InChI is InChI=1S/C9H18N2O5/c1-2-16-5-3-4-10-9(15)11-7(6-12)8(13)14/h7,12H,2-6H2,1H3,(H,13,14)(H2,10,11,15). The number of carbonyl (C=O) groups excluding carboxylic acids is 1. The Balaban J connectivity index is 3.61. The number of aliphatic carboxylic acids is 1. The Morgan fingerprint density at radius 1 is 1.44 bits per heavy atom. The fraction of sp³-hybridized carbons (Fsp3) is 0.778. The lowest BCUT2D eigenvalue weighted by molar-refractivity contribution is -0.140. The van der Waals surface area contributed by atoms with E-state index in [1.807, 2.05) is 6.92 Å². The molecule has 0 fully saturated rings. The lowest BCUT2D eigenvalue weighted by atomic mass is 10.3. The SMILES string of the molecule is CCOCCCNC(=O)NC(CO)C(=O)O. The van der Waals surface area contributed by atoms with Gasteiger partial charge in [-0.15, -0.1) is 0 Å². The summed E-state index contributed by atoms with van der Waals surface area (Å²) >= 11 is 0. The zero-order valence-electron chi connectivity index (χ0n) is 9.23. The minimum atomic E-state index is -1.27. The molecule has 0 saturated carbocycles. The highest BCUT2D eigenvalue weighted by atomic mass is 16.5. The molecule has 0 aromatic carbocycles. The summed E-state index contributed by atoms with van der Waals surface area (Å²) in [6, 6.07) is -1.88. The molecule has 0 aliphatic carbocycles. The molecular formula is C9H18N2O5. The first-order valence-corrected chi connectivity index (χ1v) is 5.07. The number of ether oxygens (including phenoxy) is 1. The van der Waals surface area contributed by atoms with Crippen molar-refractivity contribution in [2.45, 2.75) is 19.4 Å². The van der Waals surface area contributed by atoms with Crippen LogP contribution in [0, 0.1) is 0 Å². The van der Waals surface area contributed by atoms with Crippen molar-refractivity contribution < 1.29 is 24.5 Å². The molecule has 7 nitrogen and oxygen atoms in total. The van der Waals surface area contributed by atoms with Crippen LogP contribution in [0.4, 0.5) is 4.79 Å². The van der Waals surface area contributed by atoms with E-state index in [9.17, 15) is 9.59 Å². The van der Waals surface area contributed by atoms with Crippen molar-refractivity contribution in [3.8, 4) is 0 Å². The first-order chi connectivity index (χ1) is 7.61. The van der Waals surface area contributed by atoms with Crippen LogP contribution in [-0.4, -0.2) is 54.6 Å². The molecule has 0 aromatic rings. The van der Waals surface area contributed by atoms with Crippen LogP contribution in [0.25, 0.3) is 0 Å². The largest absolute Gasteiger partial charge is 0.480 e. The Morgan fingerprint density at radius 2 is 2.12 bits per heavy atom. The van der Waals surface area contributed by atoms with E-state index in [-0.39, 0.29) is 0 Å². The van der Waals surface area contributed by atoms with Crippen LogP contribution in [0.15, 0.2) is 0 Å². The summed E-state index contributed by atoms with van der Waals surface area (Å²) in [5.41, 5.74) is 0. The maximum absolute atomic E-state index is 11.1. The van der Waals surface area contributed by atoms with Gasteiger partial charge in [-0.1, -0.05) is 0 Å². The Labute approximate surface area is 93.8 Å². The lowest BCUT2D eigenvalue weighted by Gasteiger charge is -2.12. The molecule has 16 heavy (non-hydrogen) atoms. The monoisotopic (exact) mass is 234 g/mol. The highest BCUT2D eigenvalue weighted by molar-refractivity contribution is 5.82. The van der Waals surface area contributed by atoms with Crippen LogP contribution in [0.2, 0.25) is 0 Å². The van der Waals surface area contributed by atoms with Gasteiger partial charge < -0.3 is 25.6 Å². The summed E-state index contributed by atoms with van der Waals surface area (Å²) in [7, 11) is 0. The summed E-state index contributed by atoms with van der Waals surface area (Å²) < 4.78 is 5.05. The topological polar surface area (TPSA) is 108 Å². The van der Waals surface area contributed by atoms with Gasteiger partial charge in [-0.05, 0) is 13.3 Å². The van der Waals surface area contributed by atoms with Crippen molar-refractivity contribution in [1.29, 1.82) is 0 Å². The lowest BCUT2D eigenvalue weighted by Crippen LogP contribution is -2.48. The van der Waals surface area contributed by atoms with E-state index < -0.39 is 24.6 Å². The third-order valence-corrected chi connectivity index (χ3v) is 1.74. The number of rotatable bonds is 8. The predicted octanol–water partition coefficient (Wildman–Crippen LogP) is -0.842. The molecule has 0 radical (unpaired) electrons. The van der Waals surface area contributed by atoms with Crippen molar-refractivity contribution in [3.05, 3.63) is 0 Å².